The number of anilines is 1. The van der Waals surface area contributed by atoms with Gasteiger partial charge in [0.1, 0.15) is 12.7 Å². The van der Waals surface area contributed by atoms with Gasteiger partial charge >= 0.3 is 6.09 Å². The van der Waals surface area contributed by atoms with Gasteiger partial charge in [-0.1, -0.05) is 0 Å². The van der Waals surface area contributed by atoms with Crippen LogP contribution in [0.5, 0.6) is 0 Å². The van der Waals surface area contributed by atoms with Crippen molar-refractivity contribution in [2.75, 3.05) is 26.0 Å². The molecule has 0 atom stereocenters. The molecule has 29 heavy (non-hydrogen) atoms. The Labute approximate surface area is 178 Å². The first kappa shape index (κ1) is 24.2. The van der Waals surface area contributed by atoms with Gasteiger partial charge in [0.25, 0.3) is 0 Å². The topological polar surface area (TPSA) is 102 Å². The van der Waals surface area contributed by atoms with Crippen LogP contribution in [0.15, 0.2) is 23.2 Å². The highest BCUT2D eigenvalue weighted by Crippen LogP contribution is 2.22. The first-order valence-electron chi connectivity index (χ1n) is 9.10. The number of amides is 1. The van der Waals surface area contributed by atoms with Crippen LogP contribution in [0.4, 0.5) is 16.2 Å². The van der Waals surface area contributed by atoms with Crippen molar-refractivity contribution in [3.8, 4) is 6.07 Å². The summed E-state index contributed by atoms with van der Waals surface area (Å²) in [7, 11) is 3.71. The fourth-order valence-electron chi connectivity index (χ4n) is 2.09. The zero-order valence-electron chi connectivity index (χ0n) is 18.1. The summed E-state index contributed by atoms with van der Waals surface area (Å²) in [5.74, 6) is 0. The molecule has 0 bridgehead atoms. The number of nitrogens with zero attached hydrogens (tertiary/aromatic N) is 3. The van der Waals surface area contributed by atoms with E-state index in [1.165, 1.54) is 0 Å². The SMILES string of the molecule is CN(C)/C=N/c1ccc(NC(=S)NC(C)(C)COC(=O)NC(C)(C)C)cc1C#N. The van der Waals surface area contributed by atoms with Crippen molar-refractivity contribution in [1.82, 2.24) is 15.5 Å². The maximum Gasteiger partial charge on any atom is 0.407 e. The molecule has 3 N–H and O–H groups in total. The number of ether oxygens (including phenoxy) is 1. The molecule has 1 amide bonds. The van der Waals surface area contributed by atoms with Crippen molar-refractivity contribution in [2.45, 2.75) is 45.7 Å². The third kappa shape index (κ3) is 9.76. The van der Waals surface area contributed by atoms with Gasteiger partial charge in [0.15, 0.2) is 5.11 Å². The van der Waals surface area contributed by atoms with E-state index in [0.29, 0.717) is 22.1 Å². The lowest BCUT2D eigenvalue weighted by atomic mass is 10.1. The monoisotopic (exact) mass is 418 g/mol. The maximum absolute atomic E-state index is 11.8. The number of nitriles is 1. The van der Waals surface area contributed by atoms with Gasteiger partial charge in [-0.2, -0.15) is 5.26 Å². The summed E-state index contributed by atoms with van der Waals surface area (Å²) < 4.78 is 5.27. The lowest BCUT2D eigenvalue weighted by molar-refractivity contribution is 0.113. The Morgan fingerprint density at radius 2 is 1.93 bits per heavy atom. The van der Waals surface area contributed by atoms with E-state index in [4.69, 9.17) is 17.0 Å². The molecule has 0 aliphatic heterocycles. The quantitative estimate of drug-likeness (QED) is 0.370. The molecule has 0 saturated heterocycles. The van der Waals surface area contributed by atoms with Crippen LogP contribution in [0.1, 0.15) is 40.2 Å². The number of hydrogen-bond acceptors (Lipinski definition) is 5. The number of aliphatic imine (C=N–C) groups is 1. The number of hydrogen-bond donors (Lipinski definition) is 3. The smallest absolute Gasteiger partial charge is 0.407 e. The van der Waals surface area contributed by atoms with E-state index in [9.17, 15) is 10.1 Å². The fourth-order valence-corrected chi connectivity index (χ4v) is 2.48. The van der Waals surface area contributed by atoms with Gasteiger partial charge in [-0.05, 0) is 65.0 Å². The second kappa shape index (κ2) is 10.1. The average molecular weight is 419 g/mol. The number of rotatable bonds is 6. The molecular weight excluding hydrogens is 388 g/mol. The van der Waals surface area contributed by atoms with Crippen molar-refractivity contribution in [3.05, 3.63) is 23.8 Å². The number of thiocarbonyl (C=S) groups is 1. The molecule has 0 aromatic heterocycles. The number of benzene rings is 1. The van der Waals surface area contributed by atoms with Crippen LogP contribution in [0.25, 0.3) is 0 Å². The van der Waals surface area contributed by atoms with Crippen LogP contribution >= 0.6 is 12.2 Å². The van der Waals surface area contributed by atoms with E-state index in [2.05, 4.69) is 27.0 Å². The summed E-state index contributed by atoms with van der Waals surface area (Å²) in [5.41, 5.74) is 0.701. The summed E-state index contributed by atoms with van der Waals surface area (Å²) in [5, 5.41) is 18.6. The highest BCUT2D eigenvalue weighted by molar-refractivity contribution is 7.80. The highest BCUT2D eigenvalue weighted by Gasteiger charge is 2.23. The van der Waals surface area contributed by atoms with Crippen LogP contribution in [0.2, 0.25) is 0 Å². The predicted octanol–water partition coefficient (Wildman–Crippen LogP) is 3.37. The summed E-state index contributed by atoms with van der Waals surface area (Å²) in [4.78, 5) is 17.9. The molecule has 0 aliphatic carbocycles. The van der Waals surface area contributed by atoms with E-state index >= 15 is 0 Å². The zero-order chi connectivity index (χ0) is 22.2. The van der Waals surface area contributed by atoms with Gasteiger partial charge in [-0.25, -0.2) is 9.79 Å². The molecule has 0 unspecified atom stereocenters. The van der Waals surface area contributed by atoms with Crippen molar-refractivity contribution >= 4 is 41.1 Å². The normalized spacial score (nSPS) is 11.5. The van der Waals surface area contributed by atoms with Crippen LogP contribution in [-0.2, 0) is 4.74 Å². The Hall–Kier alpha value is -2.86. The van der Waals surface area contributed by atoms with E-state index in [-0.39, 0.29) is 12.1 Å². The van der Waals surface area contributed by atoms with Crippen LogP contribution in [0, 0.1) is 11.3 Å². The van der Waals surface area contributed by atoms with Crippen molar-refractivity contribution in [1.29, 1.82) is 5.26 Å². The summed E-state index contributed by atoms with van der Waals surface area (Å²) in [6.45, 7) is 9.49. The minimum absolute atomic E-state index is 0.123. The summed E-state index contributed by atoms with van der Waals surface area (Å²) in [6, 6.07) is 7.34. The van der Waals surface area contributed by atoms with Crippen molar-refractivity contribution in [2.24, 2.45) is 4.99 Å². The maximum atomic E-state index is 11.8. The van der Waals surface area contributed by atoms with Crippen molar-refractivity contribution in [3.63, 3.8) is 0 Å². The zero-order valence-corrected chi connectivity index (χ0v) is 18.9. The molecule has 0 heterocycles. The summed E-state index contributed by atoms with van der Waals surface area (Å²) >= 11 is 5.35. The largest absolute Gasteiger partial charge is 0.447 e. The highest BCUT2D eigenvalue weighted by atomic mass is 32.1. The van der Waals surface area contributed by atoms with Crippen LogP contribution in [0.3, 0.4) is 0 Å². The number of nitrogens with one attached hydrogen (secondary N) is 3. The fraction of sp³-hybridized carbons (Fsp3) is 0.500. The number of carbonyl (C=O) groups is 1. The minimum atomic E-state index is -0.590. The molecule has 0 saturated carbocycles. The average Bonchev–Trinajstić information content (AvgIpc) is 2.56. The van der Waals surface area contributed by atoms with Crippen molar-refractivity contribution < 1.29 is 9.53 Å². The van der Waals surface area contributed by atoms with E-state index in [0.717, 1.165) is 0 Å². The Bertz CT molecular complexity index is 806. The second-order valence-electron chi connectivity index (χ2n) is 8.47. The Kier molecular flexibility index (Phi) is 8.40. The van der Waals surface area contributed by atoms with Gasteiger partial charge in [0.05, 0.1) is 23.1 Å². The Morgan fingerprint density at radius 3 is 2.48 bits per heavy atom. The third-order valence-corrected chi connectivity index (χ3v) is 3.50. The van der Waals surface area contributed by atoms with Gasteiger partial charge in [0, 0.05) is 25.3 Å². The molecule has 8 nitrogen and oxygen atoms in total. The van der Waals surface area contributed by atoms with Crippen LogP contribution in [-0.4, -0.2) is 54.2 Å². The first-order chi connectivity index (χ1) is 13.3. The molecule has 0 spiro atoms. The number of carbonyl (C=O) groups excluding carboxylic acids is 1. The van der Waals surface area contributed by atoms with Gasteiger partial charge in [-0.3, -0.25) is 0 Å². The van der Waals surface area contributed by atoms with Crippen LogP contribution < -0.4 is 16.0 Å². The van der Waals surface area contributed by atoms with Gasteiger partial charge in [0.2, 0.25) is 0 Å². The molecule has 0 fully saturated rings. The molecule has 1 aromatic carbocycles. The first-order valence-corrected chi connectivity index (χ1v) is 9.51. The third-order valence-electron chi connectivity index (χ3n) is 3.30. The molecule has 158 valence electrons. The summed E-state index contributed by atoms with van der Waals surface area (Å²) in [6.07, 6.45) is 1.15. The molecule has 1 aromatic rings. The van der Waals surface area contributed by atoms with E-state index < -0.39 is 11.6 Å². The number of alkyl carbamates (subject to hydrolysis) is 1. The van der Waals surface area contributed by atoms with E-state index in [1.807, 2.05) is 48.7 Å². The molecular formula is C20H30N6O2S. The second-order valence-corrected chi connectivity index (χ2v) is 8.87. The lowest BCUT2D eigenvalue weighted by Gasteiger charge is -2.28. The molecule has 1 rings (SSSR count). The molecule has 0 aliphatic rings. The van der Waals surface area contributed by atoms with E-state index in [1.54, 1.807) is 29.4 Å². The molecule has 0 radical (unpaired) electrons. The molecule has 9 heteroatoms. The Balaban J connectivity index is 2.69. The predicted molar refractivity (Wildman–Crippen MR) is 121 cm³/mol. The lowest BCUT2D eigenvalue weighted by Crippen LogP contribution is -2.50. The minimum Gasteiger partial charge on any atom is -0.447 e. The van der Waals surface area contributed by atoms with Gasteiger partial charge in [-0.15, -0.1) is 0 Å². The standard InChI is InChI=1S/C20H30N6O2S/c1-19(2,3)25-18(27)28-12-20(4,5)24-17(29)23-15-8-9-16(14(10-15)11-21)22-13-26(6)7/h8-10,13H,12H2,1-7H3,(H,25,27)(H2,23,24,29)/b22-13+. The van der Waals surface area contributed by atoms with Gasteiger partial charge < -0.3 is 25.6 Å². The Morgan fingerprint density at radius 1 is 1.28 bits per heavy atom.